The summed E-state index contributed by atoms with van der Waals surface area (Å²) in [6.07, 6.45) is 0. The molecule has 7 heteroatoms. The molecule has 1 aromatic heterocycles. The average molecular weight is 339 g/mol. The third kappa shape index (κ3) is 4.22. The molecule has 0 unspecified atom stereocenters. The number of benzene rings is 1. The van der Waals surface area contributed by atoms with Crippen LogP contribution in [0.1, 0.15) is 15.2 Å². The summed E-state index contributed by atoms with van der Waals surface area (Å²) in [5, 5.41) is 2.31. The van der Waals surface area contributed by atoms with Crippen molar-refractivity contribution in [1.82, 2.24) is 4.90 Å². The third-order valence-corrected chi connectivity index (χ3v) is 4.16. The van der Waals surface area contributed by atoms with Crippen molar-refractivity contribution < 1.29 is 14.3 Å². The van der Waals surface area contributed by atoms with Gasteiger partial charge in [-0.2, -0.15) is 0 Å². The highest BCUT2D eigenvalue weighted by Crippen LogP contribution is 2.20. The molecule has 2 rings (SSSR count). The number of carbonyl (C=O) groups excluding carboxylic acids is 2. The second kappa shape index (κ2) is 7.29. The summed E-state index contributed by atoms with van der Waals surface area (Å²) >= 11 is 7.35. The van der Waals surface area contributed by atoms with Crippen LogP contribution in [0.15, 0.2) is 35.7 Å². The number of rotatable bonds is 5. The maximum absolute atomic E-state index is 11.9. The fraction of sp³-hybridized carbons (Fsp3) is 0.200. The standard InChI is InChI=1S/C15H15ClN2O3S/c1-18(8-11-3-2-6-22-11)14(19)9-21-15(20)10-4-5-12(16)13(17)7-10/h2-7H,8-9,17H2,1H3. The third-order valence-electron chi connectivity index (χ3n) is 2.96. The number of amides is 1. The number of anilines is 1. The van der Waals surface area contributed by atoms with Crippen LogP contribution < -0.4 is 5.73 Å². The van der Waals surface area contributed by atoms with E-state index >= 15 is 0 Å². The van der Waals surface area contributed by atoms with E-state index in [1.165, 1.54) is 23.1 Å². The van der Waals surface area contributed by atoms with E-state index in [9.17, 15) is 9.59 Å². The van der Waals surface area contributed by atoms with Crippen LogP contribution in [-0.2, 0) is 16.1 Å². The Hall–Kier alpha value is -2.05. The van der Waals surface area contributed by atoms with Gasteiger partial charge in [0.25, 0.3) is 5.91 Å². The van der Waals surface area contributed by atoms with Crippen LogP contribution in [-0.4, -0.2) is 30.4 Å². The smallest absolute Gasteiger partial charge is 0.338 e. The van der Waals surface area contributed by atoms with Crippen molar-refractivity contribution in [1.29, 1.82) is 0 Å². The van der Waals surface area contributed by atoms with Gasteiger partial charge < -0.3 is 15.4 Å². The zero-order valence-electron chi connectivity index (χ0n) is 11.9. The largest absolute Gasteiger partial charge is 0.452 e. The van der Waals surface area contributed by atoms with Gasteiger partial charge in [0, 0.05) is 11.9 Å². The lowest BCUT2D eigenvalue weighted by atomic mass is 10.2. The van der Waals surface area contributed by atoms with Gasteiger partial charge in [0.15, 0.2) is 6.61 Å². The van der Waals surface area contributed by atoms with Crippen LogP contribution in [0.25, 0.3) is 0 Å². The van der Waals surface area contributed by atoms with Gasteiger partial charge in [0.05, 0.1) is 22.8 Å². The zero-order chi connectivity index (χ0) is 16.1. The highest BCUT2D eigenvalue weighted by molar-refractivity contribution is 7.09. The zero-order valence-corrected chi connectivity index (χ0v) is 13.5. The van der Waals surface area contributed by atoms with Crippen LogP contribution in [0.4, 0.5) is 5.69 Å². The quantitative estimate of drug-likeness (QED) is 0.672. The number of ether oxygens (including phenoxy) is 1. The first-order chi connectivity index (χ1) is 10.5. The minimum Gasteiger partial charge on any atom is -0.452 e. The molecule has 0 bridgehead atoms. The molecule has 0 saturated carbocycles. The van der Waals surface area contributed by atoms with Crippen molar-refractivity contribution >= 4 is 40.5 Å². The molecular formula is C15H15ClN2O3S. The van der Waals surface area contributed by atoms with E-state index in [0.29, 0.717) is 11.6 Å². The molecule has 116 valence electrons. The Morgan fingerprint density at radius 3 is 2.77 bits per heavy atom. The molecule has 0 spiro atoms. The molecule has 2 N–H and O–H groups in total. The van der Waals surface area contributed by atoms with Gasteiger partial charge in [-0.15, -0.1) is 11.3 Å². The fourth-order valence-corrected chi connectivity index (χ4v) is 2.59. The molecular weight excluding hydrogens is 324 g/mol. The van der Waals surface area contributed by atoms with E-state index in [-0.39, 0.29) is 23.8 Å². The fourth-order valence-electron chi connectivity index (χ4n) is 1.72. The van der Waals surface area contributed by atoms with Gasteiger partial charge in [-0.1, -0.05) is 17.7 Å². The van der Waals surface area contributed by atoms with Crippen molar-refractivity contribution in [2.75, 3.05) is 19.4 Å². The number of thiophene rings is 1. The second-order valence-electron chi connectivity index (χ2n) is 4.64. The molecule has 2 aromatic rings. The van der Waals surface area contributed by atoms with Gasteiger partial charge in [0.1, 0.15) is 0 Å². The molecule has 0 atom stereocenters. The van der Waals surface area contributed by atoms with Crippen molar-refractivity contribution in [3.8, 4) is 0 Å². The molecule has 22 heavy (non-hydrogen) atoms. The molecule has 0 aliphatic rings. The summed E-state index contributed by atoms with van der Waals surface area (Å²) in [6, 6.07) is 8.30. The molecule has 0 aliphatic heterocycles. The topological polar surface area (TPSA) is 72.6 Å². The second-order valence-corrected chi connectivity index (χ2v) is 6.08. The van der Waals surface area contributed by atoms with Crippen LogP contribution in [0.3, 0.4) is 0 Å². The van der Waals surface area contributed by atoms with Gasteiger partial charge in [0.2, 0.25) is 0 Å². The Kier molecular flexibility index (Phi) is 5.41. The van der Waals surface area contributed by atoms with E-state index in [0.717, 1.165) is 4.88 Å². The minimum atomic E-state index is -0.610. The summed E-state index contributed by atoms with van der Waals surface area (Å²) in [6.45, 7) is 0.172. The Morgan fingerprint density at radius 1 is 1.36 bits per heavy atom. The van der Waals surface area contributed by atoms with E-state index in [1.807, 2.05) is 17.5 Å². The first kappa shape index (κ1) is 16.3. The van der Waals surface area contributed by atoms with Crippen LogP contribution in [0.2, 0.25) is 5.02 Å². The molecule has 1 heterocycles. The van der Waals surface area contributed by atoms with Gasteiger partial charge in [-0.05, 0) is 29.6 Å². The van der Waals surface area contributed by atoms with Crippen molar-refractivity contribution in [2.24, 2.45) is 0 Å². The number of halogens is 1. The number of nitrogens with two attached hydrogens (primary N) is 1. The maximum Gasteiger partial charge on any atom is 0.338 e. The van der Waals surface area contributed by atoms with E-state index in [1.54, 1.807) is 18.4 Å². The summed E-state index contributed by atoms with van der Waals surface area (Å²) in [5.74, 6) is -0.884. The molecule has 5 nitrogen and oxygen atoms in total. The van der Waals surface area contributed by atoms with E-state index < -0.39 is 5.97 Å². The number of nitrogens with zero attached hydrogens (tertiary/aromatic N) is 1. The van der Waals surface area contributed by atoms with E-state index in [4.69, 9.17) is 22.1 Å². The summed E-state index contributed by atoms with van der Waals surface area (Å²) in [7, 11) is 1.66. The first-order valence-corrected chi connectivity index (χ1v) is 7.71. The minimum absolute atomic E-state index is 0.260. The number of hydrogen-bond donors (Lipinski definition) is 1. The normalized spacial score (nSPS) is 10.3. The number of esters is 1. The Bertz CT molecular complexity index is 673. The number of likely N-dealkylation sites (N-methyl/N-ethyl adjacent to an activating group) is 1. The lowest BCUT2D eigenvalue weighted by Gasteiger charge is -2.16. The number of carbonyl (C=O) groups is 2. The SMILES string of the molecule is CN(Cc1cccs1)C(=O)COC(=O)c1ccc(Cl)c(N)c1. The first-order valence-electron chi connectivity index (χ1n) is 6.46. The van der Waals surface area contributed by atoms with Crippen LogP contribution in [0.5, 0.6) is 0 Å². The number of nitrogen functional groups attached to an aromatic ring is 1. The highest BCUT2D eigenvalue weighted by atomic mass is 35.5. The van der Waals surface area contributed by atoms with Crippen molar-refractivity contribution in [2.45, 2.75) is 6.54 Å². The average Bonchev–Trinajstić information content (AvgIpc) is 3.00. The summed E-state index contributed by atoms with van der Waals surface area (Å²) < 4.78 is 5.00. The predicted molar refractivity (Wildman–Crippen MR) is 86.9 cm³/mol. The summed E-state index contributed by atoms with van der Waals surface area (Å²) in [5.41, 5.74) is 6.17. The molecule has 0 radical (unpaired) electrons. The maximum atomic E-state index is 11.9. The van der Waals surface area contributed by atoms with Crippen molar-refractivity contribution in [3.63, 3.8) is 0 Å². The molecule has 1 aromatic carbocycles. The highest BCUT2D eigenvalue weighted by Gasteiger charge is 2.14. The predicted octanol–water partition coefficient (Wildman–Crippen LogP) is 2.80. The van der Waals surface area contributed by atoms with Gasteiger partial charge in [-0.25, -0.2) is 4.79 Å². The molecule has 0 saturated heterocycles. The Labute approximate surface area is 137 Å². The lowest BCUT2D eigenvalue weighted by molar-refractivity contribution is -0.133. The summed E-state index contributed by atoms with van der Waals surface area (Å²) in [4.78, 5) is 26.4. The van der Waals surface area contributed by atoms with Crippen LogP contribution in [0, 0.1) is 0 Å². The molecule has 0 aliphatic carbocycles. The monoisotopic (exact) mass is 338 g/mol. The van der Waals surface area contributed by atoms with E-state index in [2.05, 4.69) is 0 Å². The van der Waals surface area contributed by atoms with Gasteiger partial charge >= 0.3 is 5.97 Å². The van der Waals surface area contributed by atoms with Gasteiger partial charge in [-0.3, -0.25) is 4.79 Å². The lowest BCUT2D eigenvalue weighted by Crippen LogP contribution is -2.30. The molecule has 1 amide bonds. The number of hydrogen-bond acceptors (Lipinski definition) is 5. The molecule has 0 fully saturated rings. The van der Waals surface area contributed by atoms with Crippen LogP contribution >= 0.6 is 22.9 Å². The Morgan fingerprint density at radius 2 is 2.14 bits per heavy atom. The van der Waals surface area contributed by atoms with Crippen molar-refractivity contribution in [3.05, 3.63) is 51.2 Å². The Balaban J connectivity index is 1.87.